The topological polar surface area (TPSA) is 50.4 Å². The average Bonchev–Trinajstić information content (AvgIpc) is 2.96. The van der Waals surface area contributed by atoms with E-state index < -0.39 is 0 Å². The van der Waals surface area contributed by atoms with Crippen molar-refractivity contribution in [3.8, 4) is 0 Å². The van der Waals surface area contributed by atoms with Crippen molar-refractivity contribution in [1.82, 2.24) is 10.6 Å². The predicted octanol–water partition coefficient (Wildman–Crippen LogP) is 3.15. The lowest BCUT2D eigenvalue weighted by Gasteiger charge is -2.37. The number of hydrogen-bond donors (Lipinski definition) is 2. The summed E-state index contributed by atoms with van der Waals surface area (Å²) in [6, 6.07) is 2.14. The molecule has 0 saturated carbocycles. The van der Waals surface area contributed by atoms with Crippen LogP contribution in [0.1, 0.15) is 58.6 Å². The van der Waals surface area contributed by atoms with Crippen LogP contribution in [0.5, 0.6) is 0 Å². The minimum Gasteiger partial charge on any atom is -0.384 e. The third kappa shape index (κ3) is 4.38. The second-order valence-corrected chi connectivity index (χ2v) is 8.48. The van der Waals surface area contributed by atoms with Gasteiger partial charge in [-0.3, -0.25) is 4.79 Å². The van der Waals surface area contributed by atoms with Crippen LogP contribution in [0.15, 0.2) is 6.07 Å². The number of amides is 1. The molecular formula is C19H30N2O2S. The normalized spacial score (nSPS) is 20.7. The number of methoxy groups -OCH3 is 1. The van der Waals surface area contributed by atoms with E-state index in [-0.39, 0.29) is 11.3 Å². The number of fused-ring (bicyclic) bond motifs is 1. The van der Waals surface area contributed by atoms with Crippen LogP contribution in [0.25, 0.3) is 0 Å². The summed E-state index contributed by atoms with van der Waals surface area (Å²) >= 11 is 1.71. The molecule has 1 aliphatic carbocycles. The van der Waals surface area contributed by atoms with Gasteiger partial charge in [-0.1, -0.05) is 12.8 Å². The van der Waals surface area contributed by atoms with Crippen LogP contribution in [0.3, 0.4) is 0 Å². The number of carbonyl (C=O) groups is 1. The molecule has 2 N–H and O–H groups in total. The van der Waals surface area contributed by atoms with E-state index in [1.807, 2.05) is 0 Å². The number of rotatable bonds is 5. The first-order valence-electron chi connectivity index (χ1n) is 9.32. The van der Waals surface area contributed by atoms with Crippen molar-refractivity contribution in [3.05, 3.63) is 21.4 Å². The average molecular weight is 351 g/mol. The van der Waals surface area contributed by atoms with E-state index in [1.54, 1.807) is 18.4 Å². The van der Waals surface area contributed by atoms with Crippen molar-refractivity contribution < 1.29 is 9.53 Å². The Hall–Kier alpha value is -0.910. The fourth-order valence-corrected chi connectivity index (χ4v) is 5.12. The lowest BCUT2D eigenvalue weighted by atomic mass is 9.79. The molecular weight excluding hydrogens is 320 g/mol. The van der Waals surface area contributed by atoms with Gasteiger partial charge < -0.3 is 15.4 Å². The molecule has 0 radical (unpaired) electrons. The predicted molar refractivity (Wildman–Crippen MR) is 98.9 cm³/mol. The van der Waals surface area contributed by atoms with Gasteiger partial charge in [0.25, 0.3) is 5.91 Å². The highest BCUT2D eigenvalue weighted by atomic mass is 32.1. The molecule has 0 unspecified atom stereocenters. The SMILES string of the molecule is COCC1(CNC(=O)c2cc3c(s2)CCCCCC3)CCNCC1. The highest BCUT2D eigenvalue weighted by Crippen LogP contribution is 2.30. The van der Waals surface area contributed by atoms with E-state index in [0.717, 1.165) is 50.3 Å². The molecule has 0 aromatic carbocycles. The Morgan fingerprint density at radius 2 is 2.00 bits per heavy atom. The zero-order chi connectivity index (χ0) is 16.8. The Bertz CT molecular complexity index is 519. The second kappa shape index (κ2) is 8.45. The molecule has 5 heteroatoms. The summed E-state index contributed by atoms with van der Waals surface area (Å²) in [5, 5.41) is 6.59. The maximum Gasteiger partial charge on any atom is 0.261 e. The van der Waals surface area contributed by atoms with Gasteiger partial charge in [0.1, 0.15) is 0 Å². The van der Waals surface area contributed by atoms with Gasteiger partial charge >= 0.3 is 0 Å². The van der Waals surface area contributed by atoms with E-state index in [9.17, 15) is 4.79 Å². The number of nitrogens with one attached hydrogen (secondary N) is 2. The Morgan fingerprint density at radius 1 is 1.25 bits per heavy atom. The van der Waals surface area contributed by atoms with E-state index >= 15 is 0 Å². The van der Waals surface area contributed by atoms with Crippen molar-refractivity contribution in [2.45, 2.75) is 51.4 Å². The quantitative estimate of drug-likeness (QED) is 0.858. The maximum absolute atomic E-state index is 12.7. The molecule has 4 nitrogen and oxygen atoms in total. The number of hydrogen-bond acceptors (Lipinski definition) is 4. The van der Waals surface area contributed by atoms with Crippen LogP contribution in [-0.4, -0.2) is 39.3 Å². The standard InChI is InChI=1S/C19H30N2O2S/c1-23-14-19(8-10-20-11-9-19)13-21-18(22)17-12-15-6-4-2-3-5-7-16(15)24-17/h12,20H,2-11,13-14H2,1H3,(H,21,22). The summed E-state index contributed by atoms with van der Waals surface area (Å²) in [6.45, 7) is 3.44. The number of thiophene rings is 1. The highest BCUT2D eigenvalue weighted by molar-refractivity contribution is 7.14. The first kappa shape index (κ1) is 17.9. The number of piperidine rings is 1. The first-order chi connectivity index (χ1) is 11.7. The molecule has 1 aromatic heterocycles. The summed E-state index contributed by atoms with van der Waals surface area (Å²) in [6.07, 6.45) is 9.57. The molecule has 1 saturated heterocycles. The lowest BCUT2D eigenvalue weighted by molar-refractivity contribution is 0.0512. The minimum atomic E-state index is 0.0848. The third-order valence-corrected chi connectivity index (χ3v) is 6.69. The second-order valence-electron chi connectivity index (χ2n) is 7.34. The zero-order valence-corrected chi connectivity index (χ0v) is 15.6. The number of carbonyl (C=O) groups excluding carboxylic acids is 1. The van der Waals surface area contributed by atoms with Crippen LogP contribution in [-0.2, 0) is 17.6 Å². The highest BCUT2D eigenvalue weighted by Gasteiger charge is 2.32. The van der Waals surface area contributed by atoms with Crippen molar-refractivity contribution in [1.29, 1.82) is 0 Å². The largest absolute Gasteiger partial charge is 0.384 e. The monoisotopic (exact) mass is 350 g/mol. The number of ether oxygens (including phenoxy) is 1. The minimum absolute atomic E-state index is 0.0848. The smallest absolute Gasteiger partial charge is 0.261 e. The summed E-state index contributed by atoms with van der Waals surface area (Å²) in [7, 11) is 1.75. The lowest BCUT2D eigenvalue weighted by Crippen LogP contribution is -2.47. The van der Waals surface area contributed by atoms with Crippen LogP contribution in [0.2, 0.25) is 0 Å². The van der Waals surface area contributed by atoms with Crippen molar-refractivity contribution >= 4 is 17.2 Å². The van der Waals surface area contributed by atoms with Crippen LogP contribution < -0.4 is 10.6 Å². The summed E-state index contributed by atoms with van der Waals surface area (Å²) in [5.41, 5.74) is 1.50. The van der Waals surface area contributed by atoms with Crippen molar-refractivity contribution in [2.24, 2.45) is 5.41 Å². The van der Waals surface area contributed by atoms with Crippen LogP contribution in [0.4, 0.5) is 0 Å². The molecule has 0 bridgehead atoms. The van der Waals surface area contributed by atoms with Gasteiger partial charge in [-0.2, -0.15) is 0 Å². The zero-order valence-electron chi connectivity index (χ0n) is 14.8. The molecule has 1 fully saturated rings. The van der Waals surface area contributed by atoms with E-state index in [2.05, 4.69) is 16.7 Å². The van der Waals surface area contributed by atoms with Gasteiger partial charge in [0.2, 0.25) is 0 Å². The van der Waals surface area contributed by atoms with Crippen LogP contribution >= 0.6 is 11.3 Å². The summed E-state index contributed by atoms with van der Waals surface area (Å²) < 4.78 is 5.44. The molecule has 0 spiro atoms. The molecule has 0 atom stereocenters. The third-order valence-electron chi connectivity index (χ3n) is 5.46. The molecule has 2 aliphatic rings. The molecule has 3 rings (SSSR count). The van der Waals surface area contributed by atoms with Gasteiger partial charge in [0.15, 0.2) is 0 Å². The summed E-state index contributed by atoms with van der Waals surface area (Å²) in [5.74, 6) is 0.0979. The molecule has 1 amide bonds. The molecule has 2 heterocycles. The molecule has 24 heavy (non-hydrogen) atoms. The van der Waals surface area contributed by atoms with Crippen molar-refractivity contribution in [2.75, 3.05) is 33.4 Å². The van der Waals surface area contributed by atoms with Crippen LogP contribution in [0, 0.1) is 5.41 Å². The fourth-order valence-electron chi connectivity index (χ4n) is 3.95. The summed E-state index contributed by atoms with van der Waals surface area (Å²) in [4.78, 5) is 15.0. The number of aryl methyl sites for hydroxylation is 2. The Morgan fingerprint density at radius 3 is 2.75 bits per heavy atom. The maximum atomic E-state index is 12.7. The Kier molecular flexibility index (Phi) is 6.31. The molecule has 1 aliphatic heterocycles. The van der Waals surface area contributed by atoms with Crippen molar-refractivity contribution in [3.63, 3.8) is 0 Å². The van der Waals surface area contributed by atoms with Gasteiger partial charge in [-0.15, -0.1) is 11.3 Å². The van der Waals surface area contributed by atoms with E-state index in [4.69, 9.17) is 4.74 Å². The fraction of sp³-hybridized carbons (Fsp3) is 0.737. The first-order valence-corrected chi connectivity index (χ1v) is 10.1. The Labute approximate surface area is 149 Å². The molecule has 1 aromatic rings. The Balaban J connectivity index is 1.62. The van der Waals surface area contributed by atoms with Gasteiger partial charge in [-0.25, -0.2) is 0 Å². The van der Waals surface area contributed by atoms with Gasteiger partial charge in [0.05, 0.1) is 11.5 Å². The molecule has 134 valence electrons. The van der Waals surface area contributed by atoms with Gasteiger partial charge in [0, 0.05) is 23.9 Å². The van der Waals surface area contributed by atoms with E-state index in [0.29, 0.717) is 6.54 Å². The van der Waals surface area contributed by atoms with Gasteiger partial charge in [-0.05, 0) is 63.2 Å². The van der Waals surface area contributed by atoms with E-state index in [1.165, 1.54) is 36.1 Å².